The molecule has 128 valence electrons. The quantitative estimate of drug-likeness (QED) is 0.734. The van der Waals surface area contributed by atoms with E-state index in [0.29, 0.717) is 29.6 Å². The van der Waals surface area contributed by atoms with Gasteiger partial charge >= 0.3 is 0 Å². The van der Waals surface area contributed by atoms with Crippen molar-refractivity contribution in [1.82, 2.24) is 19.7 Å². The molecular weight excluding hydrogens is 320 g/mol. The van der Waals surface area contributed by atoms with Gasteiger partial charge in [0.25, 0.3) is 5.91 Å². The predicted molar refractivity (Wildman–Crippen MR) is 92.7 cm³/mol. The first-order valence-electron chi connectivity index (χ1n) is 7.73. The van der Waals surface area contributed by atoms with E-state index in [2.05, 4.69) is 15.1 Å². The molecule has 1 aromatic carbocycles. The normalized spacial score (nSPS) is 10.6. The SMILES string of the molecule is CCc1nn(-c2cc(Oc3ccc(C)cc3)ncn2)c(N)c1C(N)=O. The third-order valence-electron chi connectivity index (χ3n) is 3.66. The molecule has 0 bridgehead atoms. The average molecular weight is 338 g/mol. The zero-order valence-electron chi connectivity index (χ0n) is 13.9. The number of hydrogen-bond acceptors (Lipinski definition) is 6. The lowest BCUT2D eigenvalue weighted by Gasteiger charge is -2.07. The number of amides is 1. The lowest BCUT2D eigenvalue weighted by molar-refractivity contribution is 0.100. The first kappa shape index (κ1) is 16.4. The van der Waals surface area contributed by atoms with Gasteiger partial charge in [0.05, 0.1) is 5.69 Å². The zero-order valence-corrected chi connectivity index (χ0v) is 13.9. The molecule has 8 nitrogen and oxygen atoms in total. The number of aromatic nitrogens is 4. The van der Waals surface area contributed by atoms with Crippen molar-refractivity contribution in [3.05, 3.63) is 53.5 Å². The fourth-order valence-electron chi connectivity index (χ4n) is 2.40. The molecule has 0 aliphatic carbocycles. The van der Waals surface area contributed by atoms with E-state index >= 15 is 0 Å². The Balaban J connectivity index is 1.96. The van der Waals surface area contributed by atoms with Crippen LogP contribution in [-0.2, 0) is 6.42 Å². The second-order valence-electron chi connectivity index (χ2n) is 5.47. The molecular formula is C17H18N6O2. The standard InChI is InChI=1S/C17H18N6O2/c1-3-12-15(17(19)24)16(18)23(22-12)13-8-14(21-9-20-13)25-11-6-4-10(2)5-7-11/h4-9H,3,18H2,1-2H3,(H2,19,24). The average Bonchev–Trinajstić information content (AvgIpc) is 2.94. The van der Waals surface area contributed by atoms with Gasteiger partial charge < -0.3 is 16.2 Å². The van der Waals surface area contributed by atoms with Gasteiger partial charge in [0.2, 0.25) is 5.88 Å². The van der Waals surface area contributed by atoms with Crippen molar-refractivity contribution >= 4 is 11.7 Å². The Kier molecular flexibility index (Phi) is 4.34. The summed E-state index contributed by atoms with van der Waals surface area (Å²) in [7, 11) is 0. The van der Waals surface area contributed by atoms with E-state index in [1.54, 1.807) is 6.07 Å². The molecule has 8 heteroatoms. The Morgan fingerprint density at radius 2 is 1.96 bits per heavy atom. The molecule has 2 aromatic heterocycles. The topological polar surface area (TPSA) is 122 Å². The van der Waals surface area contributed by atoms with Crippen LogP contribution < -0.4 is 16.2 Å². The van der Waals surface area contributed by atoms with Gasteiger partial charge in [-0.05, 0) is 25.5 Å². The monoisotopic (exact) mass is 338 g/mol. The van der Waals surface area contributed by atoms with Gasteiger partial charge in [-0.3, -0.25) is 4.79 Å². The molecule has 0 aliphatic heterocycles. The van der Waals surface area contributed by atoms with Crippen molar-refractivity contribution in [2.24, 2.45) is 5.73 Å². The number of ether oxygens (including phenoxy) is 1. The Morgan fingerprint density at radius 3 is 2.56 bits per heavy atom. The van der Waals surface area contributed by atoms with Crippen molar-refractivity contribution in [3.8, 4) is 17.4 Å². The molecule has 2 heterocycles. The smallest absolute Gasteiger partial charge is 0.254 e. The van der Waals surface area contributed by atoms with Crippen LogP contribution in [0, 0.1) is 6.92 Å². The van der Waals surface area contributed by atoms with Gasteiger partial charge in [0.15, 0.2) is 5.82 Å². The number of nitrogens with two attached hydrogens (primary N) is 2. The molecule has 0 fully saturated rings. The largest absolute Gasteiger partial charge is 0.439 e. The number of rotatable bonds is 5. The van der Waals surface area contributed by atoms with Crippen molar-refractivity contribution in [2.75, 3.05) is 5.73 Å². The first-order chi connectivity index (χ1) is 12.0. The van der Waals surface area contributed by atoms with E-state index in [0.717, 1.165) is 5.56 Å². The van der Waals surface area contributed by atoms with E-state index < -0.39 is 5.91 Å². The number of anilines is 1. The maximum atomic E-state index is 11.6. The van der Waals surface area contributed by atoms with Crippen LogP contribution >= 0.6 is 0 Å². The molecule has 0 saturated heterocycles. The summed E-state index contributed by atoms with van der Waals surface area (Å²) in [6, 6.07) is 9.16. The molecule has 3 rings (SSSR count). The summed E-state index contributed by atoms with van der Waals surface area (Å²) < 4.78 is 7.09. The third-order valence-corrected chi connectivity index (χ3v) is 3.66. The van der Waals surface area contributed by atoms with Gasteiger partial charge in [-0.15, -0.1) is 0 Å². The second kappa shape index (κ2) is 6.60. The number of nitrogens with zero attached hydrogens (tertiary/aromatic N) is 4. The summed E-state index contributed by atoms with van der Waals surface area (Å²) in [4.78, 5) is 19.9. The zero-order chi connectivity index (χ0) is 18.0. The minimum absolute atomic E-state index is 0.143. The number of primary amides is 1. The number of nitrogen functional groups attached to an aromatic ring is 1. The lowest BCUT2D eigenvalue weighted by Crippen LogP contribution is -2.15. The van der Waals surface area contributed by atoms with E-state index in [1.165, 1.54) is 11.0 Å². The Hall–Kier alpha value is -3.42. The van der Waals surface area contributed by atoms with Crippen LogP contribution in [0.5, 0.6) is 11.6 Å². The number of benzene rings is 1. The third kappa shape index (κ3) is 3.27. The van der Waals surface area contributed by atoms with Crippen molar-refractivity contribution < 1.29 is 9.53 Å². The molecule has 0 spiro atoms. The van der Waals surface area contributed by atoms with Crippen LogP contribution in [0.15, 0.2) is 36.7 Å². The summed E-state index contributed by atoms with van der Waals surface area (Å²) in [5.41, 5.74) is 13.3. The molecule has 3 aromatic rings. The minimum Gasteiger partial charge on any atom is -0.439 e. The van der Waals surface area contributed by atoms with Gasteiger partial charge in [0.1, 0.15) is 23.5 Å². The summed E-state index contributed by atoms with van der Waals surface area (Å²) >= 11 is 0. The number of carbonyl (C=O) groups is 1. The molecule has 0 saturated carbocycles. The molecule has 0 atom stereocenters. The number of aryl methyl sites for hydroxylation is 2. The Bertz CT molecular complexity index is 917. The van der Waals surface area contributed by atoms with E-state index in [4.69, 9.17) is 16.2 Å². The molecule has 0 unspecified atom stereocenters. The predicted octanol–water partition coefficient (Wildman–Crippen LogP) is 2.01. The van der Waals surface area contributed by atoms with Crippen LogP contribution in [0.1, 0.15) is 28.5 Å². The lowest BCUT2D eigenvalue weighted by atomic mass is 10.2. The highest BCUT2D eigenvalue weighted by atomic mass is 16.5. The maximum absolute atomic E-state index is 11.6. The highest BCUT2D eigenvalue weighted by molar-refractivity contribution is 5.98. The van der Waals surface area contributed by atoms with Crippen molar-refractivity contribution in [1.29, 1.82) is 0 Å². The summed E-state index contributed by atoms with van der Waals surface area (Å²) in [5, 5.41) is 4.32. The summed E-state index contributed by atoms with van der Waals surface area (Å²) in [6.45, 7) is 3.86. The second-order valence-corrected chi connectivity index (χ2v) is 5.47. The number of carbonyl (C=O) groups excluding carboxylic acids is 1. The van der Waals surface area contributed by atoms with Crippen LogP contribution in [0.25, 0.3) is 5.82 Å². The van der Waals surface area contributed by atoms with E-state index in [9.17, 15) is 4.79 Å². The molecule has 1 amide bonds. The minimum atomic E-state index is -0.620. The van der Waals surface area contributed by atoms with Gasteiger partial charge in [0, 0.05) is 6.07 Å². The van der Waals surface area contributed by atoms with E-state index in [1.807, 2.05) is 38.1 Å². The fourth-order valence-corrected chi connectivity index (χ4v) is 2.40. The molecule has 0 aliphatic rings. The van der Waals surface area contributed by atoms with Crippen molar-refractivity contribution in [2.45, 2.75) is 20.3 Å². The van der Waals surface area contributed by atoms with Crippen LogP contribution in [0.2, 0.25) is 0 Å². The highest BCUT2D eigenvalue weighted by Crippen LogP contribution is 2.24. The molecule has 25 heavy (non-hydrogen) atoms. The van der Waals surface area contributed by atoms with Crippen molar-refractivity contribution in [3.63, 3.8) is 0 Å². The van der Waals surface area contributed by atoms with Gasteiger partial charge in [-0.25, -0.2) is 9.97 Å². The number of hydrogen-bond donors (Lipinski definition) is 2. The van der Waals surface area contributed by atoms with E-state index in [-0.39, 0.29) is 11.4 Å². The maximum Gasteiger partial charge on any atom is 0.254 e. The molecule has 0 radical (unpaired) electrons. The van der Waals surface area contributed by atoms with Crippen LogP contribution in [0.3, 0.4) is 0 Å². The van der Waals surface area contributed by atoms with Gasteiger partial charge in [-0.1, -0.05) is 24.6 Å². The Labute approximate surface area is 144 Å². The van der Waals surface area contributed by atoms with Gasteiger partial charge in [-0.2, -0.15) is 9.78 Å². The fraction of sp³-hybridized carbons (Fsp3) is 0.176. The van der Waals surface area contributed by atoms with Crippen LogP contribution in [0.4, 0.5) is 5.82 Å². The highest BCUT2D eigenvalue weighted by Gasteiger charge is 2.20. The van der Waals surface area contributed by atoms with Crippen LogP contribution in [-0.4, -0.2) is 25.7 Å². The first-order valence-corrected chi connectivity index (χ1v) is 7.73. The summed E-state index contributed by atoms with van der Waals surface area (Å²) in [5.74, 6) is 0.894. The summed E-state index contributed by atoms with van der Waals surface area (Å²) in [6.07, 6.45) is 1.86. The molecule has 4 N–H and O–H groups in total. The Morgan fingerprint density at radius 1 is 1.24 bits per heavy atom.